The Bertz CT molecular complexity index is 513. The number of carbonyl (C=O) groups excluding carboxylic acids is 1. The molecule has 1 amide bonds. The summed E-state index contributed by atoms with van der Waals surface area (Å²) in [4.78, 5) is 14.9. The zero-order chi connectivity index (χ0) is 16.2. The van der Waals surface area contributed by atoms with Gasteiger partial charge in [0.25, 0.3) is 0 Å². The Morgan fingerprint density at radius 3 is 2.70 bits per heavy atom. The predicted molar refractivity (Wildman–Crippen MR) is 91.6 cm³/mol. The lowest BCUT2D eigenvalue weighted by Crippen LogP contribution is -2.43. The Morgan fingerprint density at radius 1 is 1.22 bits per heavy atom. The minimum Gasteiger partial charge on any atom is -0.493 e. The van der Waals surface area contributed by atoms with Crippen molar-refractivity contribution in [2.75, 3.05) is 19.7 Å². The fourth-order valence-corrected chi connectivity index (χ4v) is 3.62. The highest BCUT2D eigenvalue weighted by molar-refractivity contribution is 5.80. The lowest BCUT2D eigenvalue weighted by atomic mass is 10.1. The van der Waals surface area contributed by atoms with Crippen molar-refractivity contribution in [1.29, 1.82) is 0 Å². The number of amides is 1. The molecule has 23 heavy (non-hydrogen) atoms. The van der Waals surface area contributed by atoms with Gasteiger partial charge in [-0.2, -0.15) is 0 Å². The Balaban J connectivity index is 1.59. The second-order valence-corrected chi connectivity index (χ2v) is 7.20. The summed E-state index contributed by atoms with van der Waals surface area (Å²) in [6, 6.07) is 8.82. The molecule has 0 aliphatic carbocycles. The van der Waals surface area contributed by atoms with Gasteiger partial charge < -0.3 is 15.0 Å². The van der Waals surface area contributed by atoms with E-state index in [1.54, 1.807) is 0 Å². The molecular weight excluding hydrogens is 288 g/mol. The normalized spacial score (nSPS) is 23.9. The minimum absolute atomic E-state index is 0.275. The van der Waals surface area contributed by atoms with Gasteiger partial charge in [-0.1, -0.05) is 26.0 Å². The van der Waals surface area contributed by atoms with Crippen LogP contribution in [-0.4, -0.2) is 42.6 Å². The van der Waals surface area contributed by atoms with E-state index in [-0.39, 0.29) is 5.91 Å². The summed E-state index contributed by atoms with van der Waals surface area (Å²) in [5.41, 5.74) is 1.07. The molecule has 0 aromatic heterocycles. The molecule has 4 heteroatoms. The largest absolute Gasteiger partial charge is 0.493 e. The van der Waals surface area contributed by atoms with E-state index in [0.29, 0.717) is 24.4 Å². The average molecular weight is 316 g/mol. The molecule has 2 fully saturated rings. The summed E-state index contributed by atoms with van der Waals surface area (Å²) >= 11 is 0. The van der Waals surface area contributed by atoms with Crippen LogP contribution in [0.2, 0.25) is 0 Å². The number of rotatable bonds is 5. The third-order valence-electron chi connectivity index (χ3n) is 4.80. The lowest BCUT2D eigenvalue weighted by Gasteiger charge is -2.28. The van der Waals surface area contributed by atoms with Gasteiger partial charge in [-0.15, -0.1) is 0 Å². The van der Waals surface area contributed by atoms with Crippen molar-refractivity contribution in [3.05, 3.63) is 29.8 Å². The number of ether oxygens (including phenoxy) is 1. The number of benzene rings is 1. The molecule has 1 aromatic carbocycles. The molecule has 2 heterocycles. The molecule has 2 aliphatic heterocycles. The van der Waals surface area contributed by atoms with Crippen molar-refractivity contribution in [2.45, 2.75) is 51.6 Å². The number of fused-ring (bicyclic) bond motifs is 2. The first kappa shape index (κ1) is 16.3. The summed E-state index contributed by atoms with van der Waals surface area (Å²) in [5, 5.41) is 3.45. The van der Waals surface area contributed by atoms with Gasteiger partial charge in [0.1, 0.15) is 5.75 Å². The highest BCUT2D eigenvalue weighted by Crippen LogP contribution is 2.28. The van der Waals surface area contributed by atoms with Gasteiger partial charge in [0, 0.05) is 18.6 Å². The Hall–Kier alpha value is -1.55. The molecular formula is C19H28N2O2. The summed E-state index contributed by atoms with van der Waals surface area (Å²) in [7, 11) is 0. The third-order valence-corrected chi connectivity index (χ3v) is 4.80. The number of nitrogens with one attached hydrogen (secondary N) is 1. The van der Waals surface area contributed by atoms with E-state index in [4.69, 9.17) is 4.74 Å². The van der Waals surface area contributed by atoms with Crippen molar-refractivity contribution in [3.8, 4) is 5.75 Å². The standard InChI is InChI=1S/C19H28N2O2/c1-14(2)13-23-18-7-3-15(4-8-18)11-19(22)21-16-5-6-17(21)12-20-10-9-16/h3-4,7-8,14,16-17,20H,5-6,9-13H2,1-2H3. The second kappa shape index (κ2) is 7.35. The fourth-order valence-electron chi connectivity index (χ4n) is 3.62. The highest BCUT2D eigenvalue weighted by Gasteiger charge is 2.37. The number of hydrogen-bond acceptors (Lipinski definition) is 3. The molecule has 0 saturated carbocycles. The number of hydrogen-bond donors (Lipinski definition) is 1. The number of carbonyl (C=O) groups is 1. The Kier molecular flexibility index (Phi) is 5.21. The van der Waals surface area contributed by atoms with Crippen molar-refractivity contribution in [1.82, 2.24) is 10.2 Å². The van der Waals surface area contributed by atoms with Crippen LogP contribution in [-0.2, 0) is 11.2 Å². The maximum atomic E-state index is 12.7. The Labute approximate surface area is 139 Å². The molecule has 2 bridgehead atoms. The van der Waals surface area contributed by atoms with E-state index in [2.05, 4.69) is 24.1 Å². The van der Waals surface area contributed by atoms with Gasteiger partial charge in [-0.25, -0.2) is 0 Å². The van der Waals surface area contributed by atoms with Crippen LogP contribution in [0.15, 0.2) is 24.3 Å². The van der Waals surface area contributed by atoms with Gasteiger partial charge in [0.05, 0.1) is 13.0 Å². The van der Waals surface area contributed by atoms with Crippen molar-refractivity contribution < 1.29 is 9.53 Å². The van der Waals surface area contributed by atoms with Crippen LogP contribution in [0.1, 0.15) is 38.7 Å². The van der Waals surface area contributed by atoms with Gasteiger partial charge in [0.2, 0.25) is 5.91 Å². The van der Waals surface area contributed by atoms with E-state index in [0.717, 1.165) is 43.9 Å². The van der Waals surface area contributed by atoms with Crippen LogP contribution in [0.25, 0.3) is 0 Å². The first-order valence-corrected chi connectivity index (χ1v) is 8.87. The molecule has 1 aromatic rings. The van der Waals surface area contributed by atoms with Gasteiger partial charge in [-0.3, -0.25) is 4.79 Å². The van der Waals surface area contributed by atoms with E-state index in [1.807, 2.05) is 24.3 Å². The van der Waals surface area contributed by atoms with Crippen LogP contribution < -0.4 is 10.1 Å². The van der Waals surface area contributed by atoms with E-state index >= 15 is 0 Å². The molecule has 2 unspecified atom stereocenters. The molecule has 3 rings (SSSR count). The summed E-state index contributed by atoms with van der Waals surface area (Å²) in [6.07, 6.45) is 3.90. The highest BCUT2D eigenvalue weighted by atomic mass is 16.5. The molecule has 2 saturated heterocycles. The lowest BCUT2D eigenvalue weighted by molar-refractivity contribution is -0.133. The maximum Gasteiger partial charge on any atom is 0.227 e. The van der Waals surface area contributed by atoms with Gasteiger partial charge >= 0.3 is 0 Å². The van der Waals surface area contributed by atoms with Crippen LogP contribution in [0, 0.1) is 5.92 Å². The van der Waals surface area contributed by atoms with Crippen LogP contribution in [0.3, 0.4) is 0 Å². The van der Waals surface area contributed by atoms with Crippen LogP contribution >= 0.6 is 0 Å². The number of nitrogens with zero attached hydrogens (tertiary/aromatic N) is 1. The zero-order valence-corrected chi connectivity index (χ0v) is 14.3. The smallest absolute Gasteiger partial charge is 0.227 e. The first-order chi connectivity index (χ1) is 11.1. The van der Waals surface area contributed by atoms with Crippen molar-refractivity contribution in [2.24, 2.45) is 5.92 Å². The van der Waals surface area contributed by atoms with E-state index in [1.165, 1.54) is 6.42 Å². The summed E-state index contributed by atoms with van der Waals surface area (Å²) in [6.45, 7) is 6.98. The molecule has 4 nitrogen and oxygen atoms in total. The molecule has 2 aliphatic rings. The monoisotopic (exact) mass is 316 g/mol. The first-order valence-electron chi connectivity index (χ1n) is 8.87. The van der Waals surface area contributed by atoms with Gasteiger partial charge in [0.15, 0.2) is 0 Å². The topological polar surface area (TPSA) is 41.6 Å². The molecule has 126 valence electrons. The quantitative estimate of drug-likeness (QED) is 0.908. The van der Waals surface area contributed by atoms with Crippen LogP contribution in [0.4, 0.5) is 0 Å². The second-order valence-electron chi connectivity index (χ2n) is 7.20. The van der Waals surface area contributed by atoms with Crippen molar-refractivity contribution in [3.63, 3.8) is 0 Å². The van der Waals surface area contributed by atoms with E-state index < -0.39 is 0 Å². The van der Waals surface area contributed by atoms with Crippen molar-refractivity contribution >= 4 is 5.91 Å². The molecule has 1 N–H and O–H groups in total. The average Bonchev–Trinajstić information content (AvgIpc) is 2.79. The third kappa shape index (κ3) is 4.05. The van der Waals surface area contributed by atoms with Crippen LogP contribution in [0.5, 0.6) is 5.75 Å². The minimum atomic E-state index is 0.275. The van der Waals surface area contributed by atoms with Gasteiger partial charge in [-0.05, 0) is 49.4 Å². The summed E-state index contributed by atoms with van der Waals surface area (Å²) < 4.78 is 5.70. The van der Waals surface area contributed by atoms with E-state index in [9.17, 15) is 4.79 Å². The maximum absolute atomic E-state index is 12.7. The fraction of sp³-hybridized carbons (Fsp3) is 0.632. The Morgan fingerprint density at radius 2 is 1.96 bits per heavy atom. The molecule has 2 atom stereocenters. The SMILES string of the molecule is CC(C)COc1ccc(CC(=O)N2C3CCNCC2CC3)cc1. The summed E-state index contributed by atoms with van der Waals surface area (Å²) in [5.74, 6) is 1.68. The molecule has 0 radical (unpaired) electrons. The zero-order valence-electron chi connectivity index (χ0n) is 14.3. The molecule has 0 spiro atoms. The predicted octanol–water partition coefficient (Wildman–Crippen LogP) is 2.62.